The third-order valence-electron chi connectivity index (χ3n) is 4.03. The van der Waals surface area contributed by atoms with E-state index < -0.39 is 33.8 Å². The maximum absolute atomic E-state index is 12.2. The molecule has 6 nitrogen and oxygen atoms in total. The van der Waals surface area contributed by atoms with Crippen molar-refractivity contribution in [3.63, 3.8) is 0 Å². The number of aromatic nitrogens is 1. The number of carbonyl (C=O) groups is 2. The largest absolute Gasteiger partial charge is 0.505 e. The van der Waals surface area contributed by atoms with Crippen LogP contribution in [0, 0.1) is 0 Å². The number of carboxylic acid groups (broad SMARTS) is 1. The summed E-state index contributed by atoms with van der Waals surface area (Å²) in [5.74, 6) is -3.58. The zero-order valence-electron chi connectivity index (χ0n) is 15.3. The van der Waals surface area contributed by atoms with E-state index in [2.05, 4.69) is 4.98 Å². The first-order valence-corrected chi connectivity index (χ1v) is 8.33. The summed E-state index contributed by atoms with van der Waals surface area (Å²) in [6.45, 7) is 0. The second kappa shape index (κ2) is 8.22. The first-order chi connectivity index (χ1) is 13.6. The summed E-state index contributed by atoms with van der Waals surface area (Å²) in [5, 5.41) is 16.2. The lowest BCUT2D eigenvalue weighted by atomic mass is 9.37. The lowest BCUT2D eigenvalue weighted by Crippen LogP contribution is -2.55. The fraction of sp³-hybridized carbons (Fsp3) is 0.133. The molecule has 0 aliphatic carbocycles. The van der Waals surface area contributed by atoms with Gasteiger partial charge in [-0.25, -0.2) is 4.98 Å². The number of pyridine rings is 1. The Morgan fingerprint density at radius 1 is 1.03 bits per heavy atom. The Morgan fingerprint density at radius 2 is 1.60 bits per heavy atom. The number of carbonyl (C=O) groups excluding carboxylic acids is 1. The molecule has 30 heavy (non-hydrogen) atoms. The Labute approximate surface area is 188 Å². The van der Waals surface area contributed by atoms with Crippen LogP contribution in [-0.4, -0.2) is 95.2 Å². The monoisotopic (exact) mass is 400 g/mol. The minimum atomic E-state index is -2.60. The predicted octanol–water partition coefficient (Wildman–Crippen LogP) is -4.09. The van der Waals surface area contributed by atoms with Crippen LogP contribution >= 0.6 is 11.6 Å². The van der Waals surface area contributed by atoms with E-state index in [1.54, 1.807) is 5.32 Å². The zero-order chi connectivity index (χ0) is 23.2. The van der Waals surface area contributed by atoms with Gasteiger partial charge in [-0.3, -0.25) is 9.59 Å². The summed E-state index contributed by atoms with van der Waals surface area (Å²) in [5.41, 5.74) is -0.953. The normalized spacial score (nSPS) is 11.8. The summed E-state index contributed by atoms with van der Waals surface area (Å²) < 4.78 is 0. The lowest BCUT2D eigenvalue weighted by molar-refractivity contribution is -0.138. The molecule has 2 rings (SSSR count). The maximum atomic E-state index is 12.2. The molecule has 1 aromatic carbocycles. The summed E-state index contributed by atoms with van der Waals surface area (Å²) in [6, 6.07) is 1.05. The molecule has 3 N–H and O–H groups in total. The number of nitrogens with zero attached hydrogens (tertiary/aromatic N) is 1. The number of benzene rings is 1. The smallest absolute Gasteiger partial charge is 0.310 e. The topological polar surface area (TPSA) is 99.5 Å². The number of rotatable bonds is 5. The van der Waals surface area contributed by atoms with Gasteiger partial charge in [0.25, 0.3) is 5.91 Å². The molecule has 1 aromatic heterocycles. The molecule has 0 aliphatic rings. The van der Waals surface area contributed by atoms with Gasteiger partial charge in [0.2, 0.25) is 0 Å². The van der Waals surface area contributed by atoms with Gasteiger partial charge in [-0.05, 0) is 11.6 Å². The fourth-order valence-electron chi connectivity index (χ4n) is 2.59. The Balaban J connectivity index is 2.65. The molecule has 2 aromatic rings. The number of amides is 1. The van der Waals surface area contributed by atoms with E-state index in [1.807, 2.05) is 0 Å². The van der Waals surface area contributed by atoms with Crippen LogP contribution in [0.4, 0.5) is 0 Å². The highest BCUT2D eigenvalue weighted by Gasteiger charge is 2.30. The van der Waals surface area contributed by atoms with E-state index in [-0.39, 0.29) is 38.1 Å². The maximum Gasteiger partial charge on any atom is 0.310 e. The molecule has 130 valence electrons. The van der Waals surface area contributed by atoms with Crippen LogP contribution in [0.2, 0.25) is 5.02 Å². The number of nitrogens with one attached hydrogen (secondary N) is 1. The second-order valence-corrected chi connectivity index (χ2v) is 6.84. The predicted molar refractivity (Wildman–Crippen MR) is 121 cm³/mol. The summed E-state index contributed by atoms with van der Waals surface area (Å²) >= 11 is 6.10. The molecular weight excluding hydrogens is 394 g/mol. The van der Waals surface area contributed by atoms with Crippen molar-refractivity contribution < 1.29 is 19.8 Å². The van der Waals surface area contributed by atoms with Crippen LogP contribution in [0.1, 0.15) is 16.1 Å². The molecule has 15 heteroatoms. The zero-order valence-corrected chi connectivity index (χ0v) is 16.1. The molecule has 0 saturated carbocycles. The van der Waals surface area contributed by atoms with Crippen LogP contribution in [0.15, 0.2) is 12.3 Å². The van der Waals surface area contributed by atoms with Crippen molar-refractivity contribution in [3.05, 3.63) is 28.5 Å². The number of aromatic hydroxyl groups is 1. The van der Waals surface area contributed by atoms with E-state index in [4.69, 9.17) is 79.5 Å². The molecule has 0 aliphatic heterocycles. The SMILES string of the molecule is [B]c1c([B])c(C([B])([B])[B])c(-c2cnc(C(=O)NC([B])([B])C(=O)O)c(O)c2)c([B])c1Cl. The number of halogens is 1. The standard InChI is InChI=1S/C15H5B8ClN2O4/c16-7-5(6(14(19,20)21)8(17)9(18)10(7)24)3-1-4(27)11(25-2-3)12(28)26-15(22,23)13(29)30/h1-2,27H,(H,26,28)(H,29,30). The molecule has 0 spiro atoms. The fourth-order valence-corrected chi connectivity index (χ4v) is 2.79. The molecule has 1 heterocycles. The molecule has 0 atom stereocenters. The summed E-state index contributed by atoms with van der Waals surface area (Å²) in [4.78, 5) is 26.9. The first kappa shape index (κ1) is 24.2. The van der Waals surface area contributed by atoms with E-state index in [9.17, 15) is 14.7 Å². The van der Waals surface area contributed by atoms with Gasteiger partial charge in [0, 0.05) is 16.8 Å². The molecule has 0 saturated heterocycles. The number of carboxylic acids is 1. The molecule has 0 bridgehead atoms. The Morgan fingerprint density at radius 3 is 2.07 bits per heavy atom. The summed E-state index contributed by atoms with van der Waals surface area (Å²) in [7, 11) is 45.6. The molecule has 0 fully saturated rings. The van der Waals surface area contributed by atoms with Crippen molar-refractivity contribution >= 4 is 103 Å². The highest BCUT2D eigenvalue weighted by Crippen LogP contribution is 2.30. The van der Waals surface area contributed by atoms with Gasteiger partial charge in [0.1, 0.15) is 45.0 Å². The average Bonchev–Trinajstić information content (AvgIpc) is 2.60. The number of hydrogen-bond donors (Lipinski definition) is 3. The van der Waals surface area contributed by atoms with Gasteiger partial charge in [-0.2, -0.15) is 0 Å². The Hall–Kier alpha value is -2.08. The van der Waals surface area contributed by atoms with Crippen molar-refractivity contribution in [1.29, 1.82) is 0 Å². The van der Waals surface area contributed by atoms with Crippen molar-refractivity contribution in [3.8, 4) is 16.9 Å². The van der Waals surface area contributed by atoms with Crippen LogP contribution in [0.5, 0.6) is 5.75 Å². The second-order valence-electron chi connectivity index (χ2n) is 6.46. The Kier molecular flexibility index (Phi) is 6.62. The minimum Gasteiger partial charge on any atom is -0.505 e. The Bertz CT molecular complexity index is 1060. The van der Waals surface area contributed by atoms with Crippen LogP contribution < -0.4 is 21.7 Å². The van der Waals surface area contributed by atoms with Crippen molar-refractivity contribution in [2.45, 2.75) is 10.5 Å². The third-order valence-corrected chi connectivity index (χ3v) is 4.44. The van der Waals surface area contributed by atoms with E-state index >= 15 is 0 Å². The number of aliphatic carboxylic acids is 1. The van der Waals surface area contributed by atoms with Gasteiger partial charge in [-0.1, -0.05) is 28.1 Å². The van der Waals surface area contributed by atoms with Gasteiger partial charge in [0.15, 0.2) is 5.69 Å². The van der Waals surface area contributed by atoms with Crippen LogP contribution in [-0.2, 0) is 9.91 Å². The molecule has 16 radical (unpaired) electrons. The van der Waals surface area contributed by atoms with Gasteiger partial charge in [-0.15, -0.1) is 10.6 Å². The van der Waals surface area contributed by atoms with Crippen LogP contribution in [0.25, 0.3) is 11.1 Å². The lowest BCUT2D eigenvalue weighted by Gasteiger charge is -2.31. The van der Waals surface area contributed by atoms with E-state index in [1.165, 1.54) is 0 Å². The van der Waals surface area contributed by atoms with Gasteiger partial charge >= 0.3 is 5.97 Å². The summed E-state index contributed by atoms with van der Waals surface area (Å²) in [6.07, 6.45) is 1.08. The molecule has 0 unspecified atom stereocenters. The first-order valence-electron chi connectivity index (χ1n) is 7.95. The quantitative estimate of drug-likeness (QED) is 0.445. The van der Waals surface area contributed by atoms with Gasteiger partial charge < -0.3 is 15.5 Å². The third kappa shape index (κ3) is 4.48. The van der Waals surface area contributed by atoms with Crippen LogP contribution in [0.3, 0.4) is 0 Å². The highest BCUT2D eigenvalue weighted by atomic mass is 35.5. The molecule has 1 amide bonds. The molecular formula is C15H5B8ClN2O4. The van der Waals surface area contributed by atoms with Gasteiger partial charge in [0.05, 0.1) is 28.9 Å². The van der Waals surface area contributed by atoms with E-state index in [0.29, 0.717) is 0 Å². The number of hydrogen-bond acceptors (Lipinski definition) is 4. The van der Waals surface area contributed by atoms with Crippen molar-refractivity contribution in [2.24, 2.45) is 0 Å². The average molecular weight is 399 g/mol. The highest BCUT2D eigenvalue weighted by molar-refractivity contribution is 6.65. The minimum absolute atomic E-state index is 0.0199. The van der Waals surface area contributed by atoms with Crippen molar-refractivity contribution in [1.82, 2.24) is 10.3 Å². The van der Waals surface area contributed by atoms with E-state index in [0.717, 1.165) is 12.3 Å². The van der Waals surface area contributed by atoms with Crippen molar-refractivity contribution in [2.75, 3.05) is 0 Å².